The van der Waals surface area contributed by atoms with E-state index in [0.29, 0.717) is 15.6 Å². The van der Waals surface area contributed by atoms with E-state index in [2.05, 4.69) is 15.6 Å². The van der Waals surface area contributed by atoms with E-state index < -0.39 is 6.04 Å². The third kappa shape index (κ3) is 4.66. The topological polar surface area (TPSA) is 87.1 Å². The van der Waals surface area contributed by atoms with Crippen molar-refractivity contribution in [3.63, 3.8) is 0 Å². The fourth-order valence-corrected chi connectivity index (χ4v) is 4.19. The van der Waals surface area contributed by atoms with Crippen LogP contribution in [0, 0.1) is 0 Å². The molecule has 32 heavy (non-hydrogen) atoms. The molecule has 2 aromatic carbocycles. The van der Waals surface area contributed by atoms with Gasteiger partial charge in [0, 0.05) is 39.6 Å². The highest BCUT2D eigenvalue weighted by atomic mass is 35.5. The normalized spacial score (nSPS) is 13.0. The molecule has 0 fully saturated rings. The van der Waals surface area contributed by atoms with Crippen molar-refractivity contribution in [3.05, 3.63) is 94.0 Å². The Morgan fingerprint density at radius 2 is 1.91 bits per heavy atom. The minimum atomic E-state index is -0.735. The van der Waals surface area contributed by atoms with Crippen LogP contribution in [-0.4, -0.2) is 29.4 Å². The summed E-state index contributed by atoms with van der Waals surface area (Å²) in [4.78, 5) is 28.2. The van der Waals surface area contributed by atoms with E-state index in [-0.39, 0.29) is 24.3 Å². The molecule has 0 aliphatic heterocycles. The van der Waals surface area contributed by atoms with E-state index in [1.807, 2.05) is 36.5 Å². The van der Waals surface area contributed by atoms with Gasteiger partial charge in [-0.15, -0.1) is 0 Å². The van der Waals surface area contributed by atoms with Gasteiger partial charge in [-0.05, 0) is 42.3 Å². The molecule has 2 heterocycles. The number of hydrogen-bond donors (Lipinski definition) is 3. The summed E-state index contributed by atoms with van der Waals surface area (Å²) >= 11 is 12.6. The molecule has 8 heteroatoms. The Hall–Kier alpha value is -3.22. The smallest absolute Gasteiger partial charge is 0.255 e. The first-order valence-electron chi connectivity index (χ1n) is 10.1. The summed E-state index contributed by atoms with van der Waals surface area (Å²) in [5, 5.41) is 7.71. The summed E-state index contributed by atoms with van der Waals surface area (Å²) in [5.74, 6) is -0.913. The molecule has 0 saturated heterocycles. The van der Waals surface area contributed by atoms with Crippen molar-refractivity contribution in [1.29, 1.82) is 0 Å². The third-order valence-electron chi connectivity index (χ3n) is 5.34. The highest BCUT2D eigenvalue weighted by Gasteiger charge is 2.23. The lowest BCUT2D eigenvalue weighted by Gasteiger charge is -2.21. The molecule has 2 amide bonds. The molecule has 2 aromatic heterocycles. The summed E-state index contributed by atoms with van der Waals surface area (Å²) in [6.07, 6.45) is 4.66. The van der Waals surface area contributed by atoms with Gasteiger partial charge in [0.15, 0.2) is 0 Å². The number of aromatic nitrogens is 1. The average Bonchev–Trinajstić information content (AvgIpc) is 3.45. The maximum absolute atomic E-state index is 12.7. The van der Waals surface area contributed by atoms with Crippen LogP contribution in [0.1, 0.15) is 34.3 Å². The number of amides is 2. The van der Waals surface area contributed by atoms with Gasteiger partial charge in [0.05, 0.1) is 11.8 Å². The van der Waals surface area contributed by atoms with Crippen LogP contribution in [0.25, 0.3) is 10.9 Å². The van der Waals surface area contributed by atoms with E-state index in [1.165, 1.54) is 18.6 Å². The predicted octanol–water partition coefficient (Wildman–Crippen LogP) is 5.13. The van der Waals surface area contributed by atoms with Gasteiger partial charge in [0.25, 0.3) is 5.91 Å². The zero-order valence-corrected chi connectivity index (χ0v) is 18.7. The average molecular weight is 470 g/mol. The minimum absolute atomic E-state index is 0.225. The second-order valence-corrected chi connectivity index (χ2v) is 8.30. The van der Waals surface area contributed by atoms with Crippen LogP contribution in [0.2, 0.25) is 10.0 Å². The summed E-state index contributed by atoms with van der Waals surface area (Å²) in [6.45, 7) is 1.91. The molecule has 0 spiro atoms. The highest BCUT2D eigenvalue weighted by Crippen LogP contribution is 2.35. The standard InChI is InChI=1S/C24H21Cl2N3O3/c1-14(29-24(31)15-8-9-32-13-15)23(30)28-12-19(17-7-6-16(25)10-21(17)26)20-11-27-22-5-3-2-4-18(20)22/h2-11,13-14,19,27H,12H2,1H3,(H,28,30)(H,29,31). The molecule has 6 nitrogen and oxygen atoms in total. The largest absolute Gasteiger partial charge is 0.472 e. The van der Waals surface area contributed by atoms with Gasteiger partial charge >= 0.3 is 0 Å². The first-order valence-corrected chi connectivity index (χ1v) is 10.8. The monoisotopic (exact) mass is 469 g/mol. The van der Waals surface area contributed by atoms with E-state index in [4.69, 9.17) is 27.6 Å². The van der Waals surface area contributed by atoms with Crippen LogP contribution in [0.5, 0.6) is 0 Å². The molecule has 4 rings (SSSR count). The first kappa shape index (κ1) is 22.0. The fraction of sp³-hybridized carbons (Fsp3) is 0.167. The second kappa shape index (κ2) is 9.51. The van der Waals surface area contributed by atoms with Crippen molar-refractivity contribution in [2.24, 2.45) is 0 Å². The van der Waals surface area contributed by atoms with Crippen LogP contribution < -0.4 is 10.6 Å². The molecule has 2 unspecified atom stereocenters. The van der Waals surface area contributed by atoms with Crippen molar-refractivity contribution < 1.29 is 14.0 Å². The van der Waals surface area contributed by atoms with E-state index in [9.17, 15) is 9.59 Å². The molecule has 0 saturated carbocycles. The van der Waals surface area contributed by atoms with Gasteiger partial charge in [-0.25, -0.2) is 0 Å². The Bertz CT molecular complexity index is 1250. The Labute approximate surface area is 194 Å². The molecule has 3 N–H and O–H groups in total. The molecule has 0 bridgehead atoms. The number of para-hydroxylation sites is 1. The Morgan fingerprint density at radius 3 is 2.66 bits per heavy atom. The van der Waals surface area contributed by atoms with E-state index >= 15 is 0 Å². The molecule has 0 aliphatic carbocycles. The summed E-state index contributed by atoms with van der Waals surface area (Å²) in [6, 6.07) is 14.1. The van der Waals surface area contributed by atoms with Crippen molar-refractivity contribution in [2.75, 3.05) is 6.54 Å². The Kier molecular flexibility index (Phi) is 6.53. The van der Waals surface area contributed by atoms with Crippen LogP contribution in [-0.2, 0) is 4.79 Å². The predicted molar refractivity (Wildman–Crippen MR) is 125 cm³/mol. The first-order chi connectivity index (χ1) is 15.4. The van der Waals surface area contributed by atoms with Gasteiger partial charge in [-0.1, -0.05) is 47.5 Å². The van der Waals surface area contributed by atoms with E-state index in [1.54, 1.807) is 19.1 Å². The number of nitrogens with one attached hydrogen (secondary N) is 3. The van der Waals surface area contributed by atoms with E-state index in [0.717, 1.165) is 22.0 Å². The highest BCUT2D eigenvalue weighted by molar-refractivity contribution is 6.35. The summed E-state index contributed by atoms with van der Waals surface area (Å²) in [7, 11) is 0. The number of rotatable bonds is 7. The maximum Gasteiger partial charge on any atom is 0.255 e. The lowest BCUT2D eigenvalue weighted by molar-refractivity contribution is -0.122. The number of benzene rings is 2. The lowest BCUT2D eigenvalue weighted by atomic mass is 9.90. The van der Waals surface area contributed by atoms with Crippen LogP contribution in [0.4, 0.5) is 0 Å². The molecule has 4 aromatic rings. The number of halogens is 2. The Balaban J connectivity index is 1.55. The SMILES string of the molecule is CC(NC(=O)c1ccoc1)C(=O)NCC(c1ccc(Cl)cc1Cl)c1c[nH]c2ccccc12. The van der Waals surface area contributed by atoms with Crippen LogP contribution in [0.3, 0.4) is 0 Å². The zero-order valence-electron chi connectivity index (χ0n) is 17.2. The number of furan rings is 1. The van der Waals surface area contributed by atoms with Crippen molar-refractivity contribution in [3.8, 4) is 0 Å². The zero-order chi connectivity index (χ0) is 22.7. The molecule has 0 aliphatic rings. The third-order valence-corrected chi connectivity index (χ3v) is 5.90. The quantitative estimate of drug-likeness (QED) is 0.350. The second-order valence-electron chi connectivity index (χ2n) is 7.46. The number of carbonyl (C=O) groups excluding carboxylic acids is 2. The van der Waals surface area contributed by atoms with Crippen molar-refractivity contribution in [2.45, 2.75) is 18.9 Å². The number of aromatic amines is 1. The van der Waals surface area contributed by atoms with Crippen molar-refractivity contribution >= 4 is 45.9 Å². The lowest BCUT2D eigenvalue weighted by Crippen LogP contribution is -2.45. The number of carbonyl (C=O) groups is 2. The summed E-state index contributed by atoms with van der Waals surface area (Å²) in [5.41, 5.74) is 3.19. The van der Waals surface area contributed by atoms with Crippen molar-refractivity contribution in [1.82, 2.24) is 15.6 Å². The molecular weight excluding hydrogens is 449 g/mol. The van der Waals surface area contributed by atoms with Gasteiger partial charge < -0.3 is 20.0 Å². The number of hydrogen-bond acceptors (Lipinski definition) is 3. The minimum Gasteiger partial charge on any atom is -0.472 e. The number of H-pyrrole nitrogens is 1. The molecule has 164 valence electrons. The number of fused-ring (bicyclic) bond motifs is 1. The molecule has 2 atom stereocenters. The maximum atomic E-state index is 12.7. The van der Waals surface area contributed by atoms with Crippen LogP contribution in [0.15, 0.2) is 71.7 Å². The van der Waals surface area contributed by atoms with Gasteiger partial charge in [-0.3, -0.25) is 9.59 Å². The van der Waals surface area contributed by atoms with Gasteiger partial charge in [0.1, 0.15) is 12.3 Å². The van der Waals surface area contributed by atoms with Crippen LogP contribution >= 0.6 is 23.2 Å². The fourth-order valence-electron chi connectivity index (χ4n) is 3.65. The van der Waals surface area contributed by atoms with Gasteiger partial charge in [-0.2, -0.15) is 0 Å². The molecule has 0 radical (unpaired) electrons. The Morgan fingerprint density at radius 1 is 1.09 bits per heavy atom. The van der Waals surface area contributed by atoms with Gasteiger partial charge in [0.2, 0.25) is 5.91 Å². The molecular formula is C24H21Cl2N3O3. The summed E-state index contributed by atoms with van der Waals surface area (Å²) < 4.78 is 4.92.